The molecule has 6 aromatic rings. The lowest BCUT2D eigenvalue weighted by molar-refractivity contribution is 0.0883. The van der Waals surface area contributed by atoms with Gasteiger partial charge in [0, 0.05) is 34.6 Å². The molecule has 9 nitrogen and oxygen atoms in total. The van der Waals surface area contributed by atoms with Gasteiger partial charge in [0.25, 0.3) is 0 Å². The van der Waals surface area contributed by atoms with Gasteiger partial charge >= 0.3 is 7.82 Å². The molecule has 0 amide bonds. The van der Waals surface area contributed by atoms with Gasteiger partial charge in [0.1, 0.15) is 11.5 Å². The number of rotatable bonds is 14. The van der Waals surface area contributed by atoms with Crippen molar-refractivity contribution in [3.63, 3.8) is 0 Å². The number of ether oxygens (including phenoxy) is 1. The minimum absolute atomic E-state index is 0.0192. The Morgan fingerprint density at radius 3 is 2.11 bits per heavy atom. The molecule has 2 aromatic heterocycles. The molecule has 0 bridgehead atoms. The van der Waals surface area contributed by atoms with Crippen LogP contribution in [0.4, 0.5) is 0 Å². The molecule has 0 fully saturated rings. The highest BCUT2D eigenvalue weighted by molar-refractivity contribution is 7.48. The van der Waals surface area contributed by atoms with Gasteiger partial charge in [0.15, 0.2) is 0 Å². The van der Waals surface area contributed by atoms with Crippen LogP contribution in [0.3, 0.4) is 0 Å². The van der Waals surface area contributed by atoms with Crippen LogP contribution in [-0.4, -0.2) is 28.3 Å². The summed E-state index contributed by atoms with van der Waals surface area (Å²) in [6.07, 6.45) is 5.93. The number of hydrogen-bond donors (Lipinski definition) is 1. The maximum Gasteiger partial charge on any atom is 0.530 e. The number of phosphoric acid groups is 1. The van der Waals surface area contributed by atoms with Crippen molar-refractivity contribution in [1.29, 1.82) is 0 Å². The molecule has 0 radical (unpaired) electrons. The van der Waals surface area contributed by atoms with Crippen LogP contribution in [0.25, 0.3) is 28.4 Å². The van der Waals surface area contributed by atoms with Crippen LogP contribution in [0.5, 0.6) is 11.5 Å². The number of H-pyrrole nitrogens is 1. The molecule has 1 aliphatic heterocycles. The molecule has 0 spiro atoms. The molecule has 0 aliphatic carbocycles. The second-order valence-corrected chi connectivity index (χ2v) is 15.8. The third-order valence-corrected chi connectivity index (χ3v) is 10.8. The first-order valence-corrected chi connectivity index (χ1v) is 19.6. The van der Waals surface area contributed by atoms with Gasteiger partial charge in [-0.1, -0.05) is 105 Å². The van der Waals surface area contributed by atoms with E-state index in [1.54, 1.807) is 17.7 Å². The van der Waals surface area contributed by atoms with Gasteiger partial charge in [0.2, 0.25) is 5.91 Å². The number of para-hydroxylation sites is 1. The second-order valence-electron chi connectivity index (χ2n) is 14.2. The number of aromatic amines is 1. The van der Waals surface area contributed by atoms with Crippen LogP contribution >= 0.6 is 7.82 Å². The van der Waals surface area contributed by atoms with Gasteiger partial charge in [-0.15, -0.1) is 0 Å². The van der Waals surface area contributed by atoms with E-state index in [0.717, 1.165) is 56.0 Å². The Bertz CT molecular complexity index is 2430. The number of aromatic nitrogens is 2. The number of aliphatic imine (C=N–C) groups is 1. The van der Waals surface area contributed by atoms with Gasteiger partial charge in [-0.3, -0.25) is 23.4 Å². The van der Waals surface area contributed by atoms with Gasteiger partial charge in [0.05, 0.1) is 48.6 Å². The Kier molecular flexibility index (Phi) is 10.9. The minimum Gasteiger partial charge on any atom is -0.494 e. The zero-order chi connectivity index (χ0) is 38.6. The summed E-state index contributed by atoms with van der Waals surface area (Å²) in [4.78, 5) is 22.8. The number of allylic oxidation sites excluding steroid dienone is 2. The highest BCUT2D eigenvalue weighted by Gasteiger charge is 2.36. The normalized spacial score (nSPS) is 13.8. The fraction of sp³-hybridized carbons (Fsp3) is 0.200. The fourth-order valence-corrected chi connectivity index (χ4v) is 8.18. The van der Waals surface area contributed by atoms with Crippen LogP contribution in [0.1, 0.15) is 59.9 Å². The number of phosphoric ester groups is 1. The van der Waals surface area contributed by atoms with E-state index in [0.29, 0.717) is 17.2 Å². The van der Waals surface area contributed by atoms with E-state index >= 15 is 0 Å². The summed E-state index contributed by atoms with van der Waals surface area (Å²) in [6, 6.07) is 36.2. The quantitative estimate of drug-likeness (QED) is 0.111. The Hall–Kier alpha value is -5.73. The van der Waals surface area contributed by atoms with Gasteiger partial charge in [-0.05, 0) is 67.0 Å². The summed E-state index contributed by atoms with van der Waals surface area (Å²) in [5, 5.41) is 0.920. The molecule has 1 N–H and O–H groups in total. The Labute approximate surface area is 321 Å². The molecule has 7 rings (SSSR count). The van der Waals surface area contributed by atoms with E-state index in [1.165, 1.54) is 0 Å². The molecule has 1 aliphatic rings. The van der Waals surface area contributed by atoms with E-state index in [4.69, 9.17) is 18.3 Å². The number of carbonyl (C=O) groups is 1. The zero-order valence-corrected chi connectivity index (χ0v) is 32.5. The molecule has 10 heteroatoms. The van der Waals surface area contributed by atoms with Crippen molar-refractivity contribution in [3.8, 4) is 22.9 Å². The lowest BCUT2D eigenvalue weighted by Gasteiger charge is -2.30. The van der Waals surface area contributed by atoms with E-state index in [9.17, 15) is 9.36 Å². The third kappa shape index (κ3) is 8.50. The van der Waals surface area contributed by atoms with Crippen LogP contribution in [0.15, 0.2) is 138 Å². The maximum absolute atomic E-state index is 14.7. The van der Waals surface area contributed by atoms with Crippen LogP contribution in [-0.2, 0) is 32.2 Å². The average molecular weight is 754 g/mol. The van der Waals surface area contributed by atoms with Crippen molar-refractivity contribution in [2.45, 2.75) is 52.7 Å². The number of carbonyl (C=O) groups excluding carboxylic acids is 1. The van der Waals surface area contributed by atoms with Gasteiger partial charge in [-0.25, -0.2) is 4.57 Å². The van der Waals surface area contributed by atoms with Gasteiger partial charge in [-0.2, -0.15) is 0 Å². The van der Waals surface area contributed by atoms with E-state index in [1.807, 2.05) is 155 Å². The topological polar surface area (TPSA) is 104 Å². The zero-order valence-electron chi connectivity index (χ0n) is 31.6. The predicted octanol–water partition coefficient (Wildman–Crippen LogP) is 11.3. The van der Waals surface area contributed by atoms with E-state index in [2.05, 4.69) is 9.98 Å². The maximum atomic E-state index is 14.7. The minimum atomic E-state index is -4.19. The summed E-state index contributed by atoms with van der Waals surface area (Å²) < 4.78 is 40.3. The third-order valence-electron chi connectivity index (χ3n) is 9.54. The summed E-state index contributed by atoms with van der Waals surface area (Å²) in [5.74, 6) is 0.826. The monoisotopic (exact) mass is 753 g/mol. The van der Waals surface area contributed by atoms with E-state index < -0.39 is 13.2 Å². The smallest absolute Gasteiger partial charge is 0.494 e. The molecular formula is C45H44N3O6P. The molecule has 55 heavy (non-hydrogen) atoms. The van der Waals surface area contributed by atoms with Crippen molar-refractivity contribution in [2.24, 2.45) is 4.99 Å². The molecule has 0 unspecified atom stereocenters. The lowest BCUT2D eigenvalue weighted by atomic mass is 9.78. The van der Waals surface area contributed by atoms with Gasteiger partial charge < -0.3 is 14.2 Å². The summed E-state index contributed by atoms with van der Waals surface area (Å²) >= 11 is 0. The average Bonchev–Trinajstić information content (AvgIpc) is 3.90. The fourth-order valence-electron chi connectivity index (χ4n) is 7.00. The summed E-state index contributed by atoms with van der Waals surface area (Å²) in [7, 11) is -2.57. The summed E-state index contributed by atoms with van der Waals surface area (Å²) in [6.45, 7) is 7.93. The largest absolute Gasteiger partial charge is 0.530 e. The summed E-state index contributed by atoms with van der Waals surface area (Å²) in [5.41, 5.74) is 7.12. The Balaban J connectivity index is 1.22. The number of nitrogens with zero attached hydrogens (tertiary/aromatic N) is 2. The van der Waals surface area contributed by atoms with Crippen LogP contribution in [0.2, 0.25) is 0 Å². The number of aryl methyl sites for hydroxylation is 1. The SMILES string of the molecule is COc1cc(-c2cc3ccccc3n2C(=O)CC(C)(C)c2c(C)cccc2OP(=O)(OCc2ccccc2)OCc2ccccc2)[nH]c1/C=C1\C=CC(C)=N1. The lowest BCUT2D eigenvalue weighted by Crippen LogP contribution is -2.27. The van der Waals surface area contributed by atoms with Crippen LogP contribution in [0, 0.1) is 6.92 Å². The highest BCUT2D eigenvalue weighted by Crippen LogP contribution is 2.53. The molecule has 0 saturated heterocycles. The highest BCUT2D eigenvalue weighted by atomic mass is 31.2. The number of hydrogen-bond acceptors (Lipinski definition) is 7. The number of nitrogens with one attached hydrogen (secondary N) is 1. The molecule has 4 aromatic carbocycles. The molecule has 280 valence electrons. The van der Waals surface area contributed by atoms with Crippen molar-refractivity contribution in [3.05, 3.63) is 161 Å². The first kappa shape index (κ1) is 37.6. The van der Waals surface area contributed by atoms with Crippen LogP contribution < -0.4 is 9.26 Å². The number of benzene rings is 4. The number of fused-ring (bicyclic) bond motifs is 1. The first-order valence-electron chi connectivity index (χ1n) is 18.1. The van der Waals surface area contributed by atoms with Crippen molar-refractivity contribution in [1.82, 2.24) is 9.55 Å². The van der Waals surface area contributed by atoms with E-state index in [-0.39, 0.29) is 25.5 Å². The Morgan fingerprint density at radius 2 is 1.47 bits per heavy atom. The van der Waals surface area contributed by atoms with Crippen molar-refractivity contribution in [2.75, 3.05) is 7.11 Å². The standard InChI is InChI=1S/C45H44N3O6P/c1-31-15-14-22-41(54-55(50,52-29-33-16-8-6-9-17-33)53-30-34-18-10-7-11-19-34)44(31)45(3,4)28-43(49)48-39-21-13-12-20-35(39)25-40(48)37-27-42(51-5)38(47-37)26-36-24-23-32(2)46-36/h6-27,47H,28-30H2,1-5H3/b36-26+. The van der Waals surface area contributed by atoms with Crippen molar-refractivity contribution >= 4 is 36.4 Å². The molecule has 3 heterocycles. The molecule has 0 saturated carbocycles. The Morgan fingerprint density at radius 1 is 0.818 bits per heavy atom. The predicted molar refractivity (Wildman–Crippen MR) is 219 cm³/mol. The number of methoxy groups -OCH3 is 1. The second kappa shape index (κ2) is 15.9. The van der Waals surface area contributed by atoms with Crippen molar-refractivity contribution < 1.29 is 27.7 Å². The molecular weight excluding hydrogens is 709 g/mol. The molecule has 0 atom stereocenters. The first-order chi connectivity index (χ1) is 26.5.